The fourth-order valence-electron chi connectivity index (χ4n) is 2.21. The number of amides is 1. The summed E-state index contributed by atoms with van der Waals surface area (Å²) in [6.07, 6.45) is 0.673. The van der Waals surface area contributed by atoms with Gasteiger partial charge in [0.05, 0.1) is 10.9 Å². The van der Waals surface area contributed by atoms with Gasteiger partial charge in [-0.3, -0.25) is 4.79 Å². The van der Waals surface area contributed by atoms with E-state index < -0.39 is 0 Å². The minimum Gasteiger partial charge on any atom is -0.374 e. The van der Waals surface area contributed by atoms with E-state index in [1.165, 1.54) is 34.4 Å². The van der Waals surface area contributed by atoms with Crippen LogP contribution in [0.1, 0.15) is 18.2 Å². The van der Waals surface area contributed by atoms with Gasteiger partial charge in [0.15, 0.2) is 9.47 Å². The van der Waals surface area contributed by atoms with E-state index in [-0.39, 0.29) is 11.2 Å². The number of nitrogens with two attached hydrogens (primary N) is 1. The number of thioether (sulfide) groups is 1. The van der Waals surface area contributed by atoms with Crippen LogP contribution in [0.3, 0.4) is 0 Å². The zero-order chi connectivity index (χ0) is 17.8. The van der Waals surface area contributed by atoms with E-state index in [1.807, 2.05) is 44.2 Å². The quantitative estimate of drug-likeness (QED) is 0.615. The molecule has 0 saturated heterocycles. The third-order valence-electron chi connectivity index (χ3n) is 3.40. The topological polar surface area (TPSA) is 93.8 Å². The first-order valence-corrected chi connectivity index (χ1v) is 10.2. The Bertz CT molecular complexity index is 862. The number of anilines is 2. The highest BCUT2D eigenvalue weighted by atomic mass is 32.2. The maximum absolute atomic E-state index is 12.6. The second-order valence-corrected chi connectivity index (χ2v) is 8.86. The van der Waals surface area contributed by atoms with Gasteiger partial charge in [0.2, 0.25) is 11.0 Å². The molecule has 0 radical (unpaired) electrons. The molecule has 3 aromatic rings. The fraction of sp³-hybridized carbons (Fsp3) is 0.250. The molecule has 9 heteroatoms. The van der Waals surface area contributed by atoms with Crippen molar-refractivity contribution in [2.24, 2.45) is 0 Å². The van der Waals surface area contributed by atoms with Gasteiger partial charge < -0.3 is 11.1 Å². The molecule has 25 heavy (non-hydrogen) atoms. The van der Waals surface area contributed by atoms with Crippen LogP contribution in [0.2, 0.25) is 0 Å². The normalized spacial score (nSPS) is 12.1. The monoisotopic (exact) mass is 391 g/mol. The maximum Gasteiger partial charge on any atom is 0.239 e. The van der Waals surface area contributed by atoms with Crippen LogP contribution in [0.25, 0.3) is 11.3 Å². The first-order chi connectivity index (χ1) is 12.1. The van der Waals surface area contributed by atoms with Gasteiger partial charge in [-0.05, 0) is 13.3 Å². The van der Waals surface area contributed by atoms with Gasteiger partial charge in [0, 0.05) is 10.4 Å². The zero-order valence-corrected chi connectivity index (χ0v) is 16.2. The first kappa shape index (κ1) is 17.8. The van der Waals surface area contributed by atoms with Crippen LogP contribution < -0.4 is 11.1 Å². The van der Waals surface area contributed by atoms with Gasteiger partial charge in [-0.2, -0.15) is 0 Å². The molecule has 2 heterocycles. The van der Waals surface area contributed by atoms with Crippen LogP contribution in [0.4, 0.5) is 10.3 Å². The lowest BCUT2D eigenvalue weighted by atomic mass is 10.1. The van der Waals surface area contributed by atoms with Gasteiger partial charge in [0.1, 0.15) is 0 Å². The molecule has 0 saturated carbocycles. The molecule has 1 atom stereocenters. The van der Waals surface area contributed by atoms with Crippen molar-refractivity contribution in [3.05, 3.63) is 35.2 Å². The number of nitrogens with one attached hydrogen (secondary N) is 1. The summed E-state index contributed by atoms with van der Waals surface area (Å²) >= 11 is 4.14. The SMILES string of the molecule is CC[C@@H](Sc1nnc(N)s1)C(=O)Nc1nc(-c2ccccc2)c(C)s1. The minimum absolute atomic E-state index is 0.0883. The van der Waals surface area contributed by atoms with Crippen LogP contribution in [0.15, 0.2) is 34.7 Å². The Kier molecular flexibility index (Phi) is 5.67. The average Bonchev–Trinajstić information content (AvgIpc) is 3.18. The molecule has 6 nitrogen and oxygen atoms in total. The van der Waals surface area contributed by atoms with E-state index in [0.29, 0.717) is 21.0 Å². The van der Waals surface area contributed by atoms with E-state index in [1.54, 1.807) is 0 Å². The number of hydrogen-bond acceptors (Lipinski definition) is 8. The molecule has 0 spiro atoms. The van der Waals surface area contributed by atoms with Crippen molar-refractivity contribution in [2.75, 3.05) is 11.1 Å². The second kappa shape index (κ2) is 7.94. The van der Waals surface area contributed by atoms with E-state index in [4.69, 9.17) is 5.73 Å². The second-order valence-electron chi connectivity index (χ2n) is 5.20. The number of benzene rings is 1. The molecular formula is C16H17N5OS3. The molecule has 0 aliphatic rings. The van der Waals surface area contributed by atoms with Crippen molar-refractivity contribution < 1.29 is 4.79 Å². The minimum atomic E-state index is -0.267. The van der Waals surface area contributed by atoms with E-state index in [0.717, 1.165) is 16.1 Å². The highest BCUT2D eigenvalue weighted by Crippen LogP contribution is 2.32. The number of nitrogen functional groups attached to an aromatic ring is 1. The number of hydrogen-bond donors (Lipinski definition) is 2. The zero-order valence-electron chi connectivity index (χ0n) is 13.7. The fourth-order valence-corrected chi connectivity index (χ4v) is 4.85. The molecule has 1 aromatic carbocycles. The van der Waals surface area contributed by atoms with E-state index in [2.05, 4.69) is 20.5 Å². The highest BCUT2D eigenvalue weighted by Gasteiger charge is 2.22. The summed E-state index contributed by atoms with van der Waals surface area (Å²) in [5, 5.41) is 11.4. The Balaban J connectivity index is 1.71. The predicted molar refractivity (Wildman–Crippen MR) is 105 cm³/mol. The molecule has 130 valence electrons. The number of aromatic nitrogens is 3. The number of rotatable bonds is 6. The van der Waals surface area contributed by atoms with Crippen LogP contribution in [-0.4, -0.2) is 26.3 Å². The summed E-state index contributed by atoms with van der Waals surface area (Å²) in [5.41, 5.74) is 7.54. The first-order valence-electron chi connectivity index (χ1n) is 7.66. The van der Waals surface area contributed by atoms with Gasteiger partial charge in [0.25, 0.3) is 0 Å². The Labute approximate surface area is 157 Å². The molecule has 0 bridgehead atoms. The van der Waals surface area contributed by atoms with Crippen molar-refractivity contribution in [1.82, 2.24) is 15.2 Å². The summed E-state index contributed by atoms with van der Waals surface area (Å²) in [7, 11) is 0. The molecular weight excluding hydrogens is 374 g/mol. The third-order valence-corrected chi connectivity index (χ3v) is 6.49. The summed E-state index contributed by atoms with van der Waals surface area (Å²) in [6, 6.07) is 9.95. The van der Waals surface area contributed by atoms with Crippen LogP contribution in [0.5, 0.6) is 0 Å². The number of thiazole rings is 1. The van der Waals surface area contributed by atoms with Crippen molar-refractivity contribution in [2.45, 2.75) is 29.9 Å². The van der Waals surface area contributed by atoms with Gasteiger partial charge in [-0.1, -0.05) is 60.4 Å². The molecule has 1 amide bonds. The summed E-state index contributed by atoms with van der Waals surface area (Å²) in [6.45, 7) is 3.97. The number of carbonyl (C=O) groups excluding carboxylic acids is 1. The lowest BCUT2D eigenvalue weighted by Crippen LogP contribution is -2.24. The Morgan fingerprint density at radius 2 is 2.04 bits per heavy atom. The summed E-state index contributed by atoms with van der Waals surface area (Å²) in [5.74, 6) is -0.0883. The van der Waals surface area contributed by atoms with Gasteiger partial charge >= 0.3 is 0 Å². The molecule has 0 aliphatic carbocycles. The summed E-state index contributed by atoms with van der Waals surface area (Å²) in [4.78, 5) is 18.2. The van der Waals surface area contributed by atoms with Crippen molar-refractivity contribution in [3.8, 4) is 11.3 Å². The molecule has 0 aliphatic heterocycles. The van der Waals surface area contributed by atoms with Crippen LogP contribution in [0, 0.1) is 6.92 Å². The Morgan fingerprint density at radius 1 is 1.28 bits per heavy atom. The number of carbonyl (C=O) groups is 1. The molecule has 3 N–H and O–H groups in total. The van der Waals surface area contributed by atoms with E-state index >= 15 is 0 Å². The third kappa shape index (κ3) is 4.36. The predicted octanol–water partition coefficient (Wildman–Crippen LogP) is 4.06. The number of nitrogens with zero attached hydrogens (tertiary/aromatic N) is 3. The molecule has 3 rings (SSSR count). The van der Waals surface area contributed by atoms with E-state index in [9.17, 15) is 4.79 Å². The maximum atomic E-state index is 12.6. The Hall–Kier alpha value is -1.97. The van der Waals surface area contributed by atoms with Gasteiger partial charge in [-0.15, -0.1) is 21.5 Å². The smallest absolute Gasteiger partial charge is 0.239 e. The standard InChI is InChI=1S/C16H17N5OS3/c1-3-11(24-16-21-20-14(17)25-16)13(22)19-15-18-12(9(2)23-15)10-7-5-4-6-8-10/h4-8,11H,3H2,1-2H3,(H2,17,20)(H,18,19,22)/t11-/m1/s1. The average molecular weight is 392 g/mol. The van der Waals surface area contributed by atoms with Crippen molar-refractivity contribution >= 4 is 50.6 Å². The molecule has 0 unspecified atom stereocenters. The largest absolute Gasteiger partial charge is 0.374 e. The Morgan fingerprint density at radius 3 is 2.68 bits per heavy atom. The lowest BCUT2D eigenvalue weighted by Gasteiger charge is -2.11. The molecule has 0 fully saturated rings. The highest BCUT2D eigenvalue weighted by molar-refractivity contribution is 8.02. The van der Waals surface area contributed by atoms with Crippen molar-refractivity contribution in [3.63, 3.8) is 0 Å². The lowest BCUT2D eigenvalue weighted by molar-refractivity contribution is -0.115. The van der Waals surface area contributed by atoms with Crippen LogP contribution in [-0.2, 0) is 4.79 Å². The molecule has 2 aromatic heterocycles. The van der Waals surface area contributed by atoms with Gasteiger partial charge in [-0.25, -0.2) is 4.98 Å². The van der Waals surface area contributed by atoms with Crippen LogP contribution >= 0.6 is 34.4 Å². The van der Waals surface area contributed by atoms with Crippen molar-refractivity contribution in [1.29, 1.82) is 0 Å². The summed E-state index contributed by atoms with van der Waals surface area (Å²) < 4.78 is 0.694. The number of aryl methyl sites for hydroxylation is 1.